The van der Waals surface area contributed by atoms with Gasteiger partial charge in [-0.15, -0.1) is 0 Å². The molecule has 1 saturated carbocycles. The number of hydrogen-bond donors (Lipinski definition) is 1. The SMILES string of the molecule is CC1CC(C)N(CC2(CNC(C)C)CCCC(C)C2)C1. The minimum Gasteiger partial charge on any atom is -0.314 e. The zero-order chi connectivity index (χ0) is 14.8. The molecule has 0 radical (unpaired) electrons. The largest absolute Gasteiger partial charge is 0.314 e. The maximum Gasteiger partial charge on any atom is 0.00702 e. The lowest BCUT2D eigenvalue weighted by Crippen LogP contribution is -2.48. The molecule has 2 nitrogen and oxygen atoms in total. The summed E-state index contributed by atoms with van der Waals surface area (Å²) in [6.45, 7) is 15.7. The highest BCUT2D eigenvalue weighted by atomic mass is 15.2. The quantitative estimate of drug-likeness (QED) is 0.821. The standard InChI is InChI=1S/C18H36N2/c1-14(2)19-12-18(8-6-7-15(3)10-18)13-20-11-16(4)9-17(20)5/h14-17,19H,6-13H2,1-5H3. The molecular weight excluding hydrogens is 244 g/mol. The van der Waals surface area contributed by atoms with Crippen LogP contribution in [0.4, 0.5) is 0 Å². The van der Waals surface area contributed by atoms with E-state index in [4.69, 9.17) is 0 Å². The Balaban J connectivity index is 2.02. The molecule has 1 aliphatic heterocycles. The molecule has 4 unspecified atom stereocenters. The Hall–Kier alpha value is -0.0800. The van der Waals surface area contributed by atoms with Crippen LogP contribution in [0.15, 0.2) is 0 Å². The number of nitrogens with zero attached hydrogens (tertiary/aromatic N) is 1. The van der Waals surface area contributed by atoms with Crippen LogP contribution in [0.1, 0.15) is 66.7 Å². The molecule has 2 aliphatic rings. The van der Waals surface area contributed by atoms with E-state index < -0.39 is 0 Å². The lowest BCUT2D eigenvalue weighted by molar-refractivity contribution is 0.0741. The molecule has 0 aromatic carbocycles. The Morgan fingerprint density at radius 1 is 1.20 bits per heavy atom. The highest BCUT2D eigenvalue weighted by molar-refractivity contribution is 4.93. The van der Waals surface area contributed by atoms with Crippen LogP contribution in [0.5, 0.6) is 0 Å². The first kappa shape index (κ1) is 16.3. The van der Waals surface area contributed by atoms with E-state index in [2.05, 4.69) is 44.8 Å². The van der Waals surface area contributed by atoms with E-state index in [-0.39, 0.29) is 0 Å². The third kappa shape index (κ3) is 4.21. The second-order valence-corrected chi connectivity index (χ2v) is 8.36. The van der Waals surface area contributed by atoms with Gasteiger partial charge in [0.05, 0.1) is 0 Å². The van der Waals surface area contributed by atoms with Crippen LogP contribution in [0.25, 0.3) is 0 Å². The van der Waals surface area contributed by atoms with Crippen molar-refractivity contribution in [2.24, 2.45) is 17.3 Å². The highest BCUT2D eigenvalue weighted by Crippen LogP contribution is 2.41. The molecular formula is C18H36N2. The molecule has 1 heterocycles. The number of nitrogens with one attached hydrogen (secondary N) is 1. The lowest BCUT2D eigenvalue weighted by atomic mass is 9.69. The fourth-order valence-electron chi connectivity index (χ4n) is 4.59. The third-order valence-electron chi connectivity index (χ3n) is 5.52. The first-order valence-electron chi connectivity index (χ1n) is 8.88. The van der Waals surface area contributed by atoms with Crippen molar-refractivity contribution in [1.29, 1.82) is 0 Å². The van der Waals surface area contributed by atoms with Crippen LogP contribution in [-0.4, -0.2) is 36.6 Å². The van der Waals surface area contributed by atoms with Crippen molar-refractivity contribution in [2.45, 2.75) is 78.8 Å². The monoisotopic (exact) mass is 280 g/mol. The van der Waals surface area contributed by atoms with Gasteiger partial charge in [0.25, 0.3) is 0 Å². The van der Waals surface area contributed by atoms with Gasteiger partial charge in [-0.2, -0.15) is 0 Å². The topological polar surface area (TPSA) is 15.3 Å². The normalized spacial score (nSPS) is 39.6. The van der Waals surface area contributed by atoms with E-state index in [0.717, 1.165) is 17.9 Å². The first-order chi connectivity index (χ1) is 9.40. The zero-order valence-electron chi connectivity index (χ0n) is 14.4. The number of rotatable bonds is 5. The van der Waals surface area contributed by atoms with Gasteiger partial charge < -0.3 is 5.32 Å². The maximum absolute atomic E-state index is 3.75. The zero-order valence-corrected chi connectivity index (χ0v) is 14.4. The van der Waals surface area contributed by atoms with Crippen molar-refractivity contribution in [3.63, 3.8) is 0 Å². The van der Waals surface area contributed by atoms with Crippen LogP contribution in [0, 0.1) is 17.3 Å². The summed E-state index contributed by atoms with van der Waals surface area (Å²) < 4.78 is 0. The number of hydrogen-bond acceptors (Lipinski definition) is 2. The molecule has 20 heavy (non-hydrogen) atoms. The van der Waals surface area contributed by atoms with E-state index >= 15 is 0 Å². The highest BCUT2D eigenvalue weighted by Gasteiger charge is 2.39. The summed E-state index contributed by atoms with van der Waals surface area (Å²) in [6.07, 6.45) is 7.11. The summed E-state index contributed by atoms with van der Waals surface area (Å²) in [5.74, 6) is 1.80. The summed E-state index contributed by atoms with van der Waals surface area (Å²) in [5.41, 5.74) is 0.528. The first-order valence-corrected chi connectivity index (χ1v) is 8.88. The Kier molecular flexibility index (Phi) is 5.53. The van der Waals surface area contributed by atoms with Crippen molar-refractivity contribution in [3.05, 3.63) is 0 Å². The van der Waals surface area contributed by atoms with E-state index in [1.54, 1.807) is 0 Å². The predicted octanol–water partition coefficient (Wildman–Crippen LogP) is 3.91. The second kappa shape index (κ2) is 6.79. The molecule has 1 saturated heterocycles. The van der Waals surface area contributed by atoms with Crippen LogP contribution in [-0.2, 0) is 0 Å². The van der Waals surface area contributed by atoms with Crippen molar-refractivity contribution in [2.75, 3.05) is 19.6 Å². The fraction of sp³-hybridized carbons (Fsp3) is 1.00. The summed E-state index contributed by atoms with van der Waals surface area (Å²) in [6, 6.07) is 1.40. The van der Waals surface area contributed by atoms with E-state index in [0.29, 0.717) is 11.5 Å². The van der Waals surface area contributed by atoms with E-state index in [1.807, 2.05) is 0 Å². The fourth-order valence-corrected chi connectivity index (χ4v) is 4.59. The molecule has 2 rings (SSSR count). The summed E-state index contributed by atoms with van der Waals surface area (Å²) in [4.78, 5) is 2.78. The molecule has 2 heteroatoms. The average molecular weight is 281 g/mol. The van der Waals surface area contributed by atoms with Gasteiger partial charge in [-0.3, -0.25) is 4.90 Å². The summed E-state index contributed by atoms with van der Waals surface area (Å²) in [7, 11) is 0. The molecule has 1 N–H and O–H groups in total. The van der Waals surface area contributed by atoms with Crippen molar-refractivity contribution < 1.29 is 0 Å². The Bertz CT molecular complexity index is 302. The maximum atomic E-state index is 3.75. The molecule has 0 spiro atoms. The van der Waals surface area contributed by atoms with Crippen LogP contribution in [0.2, 0.25) is 0 Å². The van der Waals surface area contributed by atoms with Crippen LogP contribution >= 0.6 is 0 Å². The average Bonchev–Trinajstić information content (AvgIpc) is 2.65. The molecule has 0 aromatic rings. The van der Waals surface area contributed by atoms with Gasteiger partial charge in [0.1, 0.15) is 0 Å². The molecule has 0 amide bonds. The molecule has 2 fully saturated rings. The second-order valence-electron chi connectivity index (χ2n) is 8.36. The van der Waals surface area contributed by atoms with E-state index in [1.165, 1.54) is 51.7 Å². The molecule has 0 bridgehead atoms. The minimum atomic E-state index is 0.528. The van der Waals surface area contributed by atoms with Crippen LogP contribution < -0.4 is 5.32 Å². The van der Waals surface area contributed by atoms with Crippen LogP contribution in [0.3, 0.4) is 0 Å². The molecule has 118 valence electrons. The summed E-state index contributed by atoms with van der Waals surface area (Å²) in [5, 5.41) is 3.75. The Morgan fingerprint density at radius 3 is 2.50 bits per heavy atom. The number of likely N-dealkylation sites (tertiary alicyclic amines) is 1. The Morgan fingerprint density at radius 2 is 1.95 bits per heavy atom. The van der Waals surface area contributed by atoms with Gasteiger partial charge >= 0.3 is 0 Å². The van der Waals surface area contributed by atoms with Gasteiger partial charge in [0, 0.05) is 31.7 Å². The molecule has 1 aliphatic carbocycles. The van der Waals surface area contributed by atoms with Gasteiger partial charge in [-0.1, -0.05) is 40.5 Å². The predicted molar refractivity (Wildman–Crippen MR) is 88.0 cm³/mol. The molecule has 4 atom stereocenters. The van der Waals surface area contributed by atoms with E-state index in [9.17, 15) is 0 Å². The lowest BCUT2D eigenvalue weighted by Gasteiger charge is -2.44. The third-order valence-corrected chi connectivity index (χ3v) is 5.52. The minimum absolute atomic E-state index is 0.528. The van der Waals surface area contributed by atoms with Gasteiger partial charge in [-0.05, 0) is 43.4 Å². The molecule has 0 aromatic heterocycles. The van der Waals surface area contributed by atoms with Crippen molar-refractivity contribution in [1.82, 2.24) is 10.2 Å². The smallest absolute Gasteiger partial charge is 0.00702 e. The Labute approximate surface area is 126 Å². The van der Waals surface area contributed by atoms with Crippen molar-refractivity contribution in [3.8, 4) is 0 Å². The van der Waals surface area contributed by atoms with Gasteiger partial charge in [0.15, 0.2) is 0 Å². The van der Waals surface area contributed by atoms with Gasteiger partial charge in [0.2, 0.25) is 0 Å². The van der Waals surface area contributed by atoms with Crippen molar-refractivity contribution >= 4 is 0 Å². The van der Waals surface area contributed by atoms with Gasteiger partial charge in [-0.25, -0.2) is 0 Å². The summed E-state index contributed by atoms with van der Waals surface area (Å²) >= 11 is 0.